The SMILES string of the molecule is CC1CCc2[nH]c3ccc(C(=O)OCC(=O)NCC4(N5CCOCC5)CCCCC4)cc3c2C1. The predicted octanol–water partition coefficient (Wildman–Crippen LogP) is 3.60. The number of nitrogens with zero attached hydrogens (tertiary/aromatic N) is 1. The fourth-order valence-corrected chi connectivity index (χ4v) is 6.10. The van der Waals surface area contributed by atoms with Crippen molar-refractivity contribution in [3.05, 3.63) is 35.0 Å². The first-order valence-electron chi connectivity index (χ1n) is 12.9. The van der Waals surface area contributed by atoms with Crippen LogP contribution in [0.15, 0.2) is 18.2 Å². The molecule has 2 aromatic rings. The molecule has 1 amide bonds. The van der Waals surface area contributed by atoms with E-state index in [1.165, 1.54) is 36.9 Å². The van der Waals surface area contributed by atoms with E-state index in [0.717, 1.165) is 62.9 Å². The van der Waals surface area contributed by atoms with Crippen molar-refractivity contribution in [3.63, 3.8) is 0 Å². The average molecular weight is 468 g/mol. The van der Waals surface area contributed by atoms with Gasteiger partial charge in [-0.2, -0.15) is 0 Å². The van der Waals surface area contributed by atoms with Crippen LogP contribution >= 0.6 is 0 Å². The van der Waals surface area contributed by atoms with Crippen molar-refractivity contribution >= 4 is 22.8 Å². The lowest BCUT2D eigenvalue weighted by Crippen LogP contribution is -2.59. The maximum Gasteiger partial charge on any atom is 0.338 e. The Morgan fingerprint density at radius 2 is 2.00 bits per heavy atom. The normalized spacial score (nSPS) is 22.8. The summed E-state index contributed by atoms with van der Waals surface area (Å²) in [6.07, 6.45) is 9.08. The van der Waals surface area contributed by atoms with Gasteiger partial charge in [0.25, 0.3) is 5.91 Å². The Hall–Kier alpha value is -2.38. The van der Waals surface area contributed by atoms with Gasteiger partial charge in [-0.25, -0.2) is 4.79 Å². The number of hydrogen-bond acceptors (Lipinski definition) is 5. The van der Waals surface area contributed by atoms with E-state index in [1.807, 2.05) is 12.1 Å². The van der Waals surface area contributed by atoms with E-state index >= 15 is 0 Å². The number of hydrogen-bond donors (Lipinski definition) is 2. The lowest BCUT2D eigenvalue weighted by molar-refractivity contribution is -0.125. The molecule has 2 aliphatic carbocycles. The van der Waals surface area contributed by atoms with Crippen LogP contribution in [0.4, 0.5) is 0 Å². The summed E-state index contributed by atoms with van der Waals surface area (Å²) in [5.74, 6) is -0.0346. The summed E-state index contributed by atoms with van der Waals surface area (Å²) < 4.78 is 10.9. The Morgan fingerprint density at radius 3 is 2.79 bits per heavy atom. The monoisotopic (exact) mass is 467 g/mol. The van der Waals surface area contributed by atoms with Gasteiger partial charge < -0.3 is 19.8 Å². The maximum atomic E-state index is 12.7. The molecule has 1 atom stereocenters. The number of amides is 1. The first-order chi connectivity index (χ1) is 16.5. The third kappa shape index (κ3) is 4.86. The zero-order chi connectivity index (χ0) is 23.5. The molecular formula is C27H37N3O4. The van der Waals surface area contributed by atoms with Crippen molar-refractivity contribution < 1.29 is 19.1 Å². The van der Waals surface area contributed by atoms with E-state index in [0.29, 0.717) is 18.0 Å². The van der Waals surface area contributed by atoms with Gasteiger partial charge in [0.15, 0.2) is 6.61 Å². The van der Waals surface area contributed by atoms with Crippen LogP contribution in [0, 0.1) is 5.92 Å². The fraction of sp³-hybridized carbons (Fsp3) is 0.630. The lowest BCUT2D eigenvalue weighted by Gasteiger charge is -2.48. The van der Waals surface area contributed by atoms with Crippen LogP contribution in [-0.4, -0.2) is 66.8 Å². The summed E-state index contributed by atoms with van der Waals surface area (Å²) in [6, 6.07) is 5.64. The van der Waals surface area contributed by atoms with E-state index in [9.17, 15) is 9.59 Å². The average Bonchev–Trinajstić information content (AvgIpc) is 3.24. The van der Waals surface area contributed by atoms with Gasteiger partial charge in [0.05, 0.1) is 18.8 Å². The first kappa shape index (κ1) is 23.4. The molecule has 2 fully saturated rings. The van der Waals surface area contributed by atoms with Gasteiger partial charge >= 0.3 is 5.97 Å². The smallest absolute Gasteiger partial charge is 0.338 e. The quantitative estimate of drug-likeness (QED) is 0.635. The second-order valence-corrected chi connectivity index (χ2v) is 10.4. The number of H-pyrrole nitrogens is 1. The Morgan fingerprint density at radius 1 is 1.21 bits per heavy atom. The second-order valence-electron chi connectivity index (χ2n) is 10.4. The molecule has 184 valence electrons. The number of rotatable bonds is 6. The number of benzene rings is 1. The number of fused-ring (bicyclic) bond motifs is 3. The number of carbonyl (C=O) groups is 2. The Labute approximate surface area is 201 Å². The number of aromatic amines is 1. The molecule has 1 saturated heterocycles. The Kier molecular flexibility index (Phi) is 6.93. The van der Waals surface area contributed by atoms with Crippen molar-refractivity contribution in [1.29, 1.82) is 0 Å². The van der Waals surface area contributed by atoms with Gasteiger partial charge in [0.1, 0.15) is 0 Å². The van der Waals surface area contributed by atoms with Crippen LogP contribution in [0.2, 0.25) is 0 Å². The summed E-state index contributed by atoms with van der Waals surface area (Å²) in [6.45, 7) is 5.95. The van der Waals surface area contributed by atoms with Gasteiger partial charge in [-0.3, -0.25) is 9.69 Å². The van der Waals surface area contributed by atoms with Gasteiger partial charge in [-0.1, -0.05) is 26.2 Å². The molecule has 2 N–H and O–H groups in total. The molecule has 34 heavy (non-hydrogen) atoms. The van der Waals surface area contributed by atoms with Gasteiger partial charge in [-0.05, 0) is 61.8 Å². The zero-order valence-corrected chi connectivity index (χ0v) is 20.3. The van der Waals surface area contributed by atoms with Crippen LogP contribution in [-0.2, 0) is 27.1 Å². The summed E-state index contributed by atoms with van der Waals surface area (Å²) in [4.78, 5) is 31.3. The number of nitrogens with one attached hydrogen (secondary N) is 2. The number of esters is 1. The topological polar surface area (TPSA) is 83.7 Å². The van der Waals surface area contributed by atoms with Crippen molar-refractivity contribution in [2.45, 2.75) is 63.8 Å². The van der Waals surface area contributed by atoms with E-state index in [2.05, 4.69) is 22.1 Å². The fourth-order valence-electron chi connectivity index (χ4n) is 6.10. The molecule has 1 saturated carbocycles. The van der Waals surface area contributed by atoms with Crippen LogP contribution in [0.5, 0.6) is 0 Å². The summed E-state index contributed by atoms with van der Waals surface area (Å²) in [5.41, 5.74) is 4.17. The molecule has 7 nitrogen and oxygen atoms in total. The molecule has 7 heteroatoms. The van der Waals surface area contributed by atoms with Crippen molar-refractivity contribution in [2.75, 3.05) is 39.5 Å². The molecular weight excluding hydrogens is 430 g/mol. The third-order valence-electron chi connectivity index (χ3n) is 8.09. The molecule has 2 heterocycles. The third-order valence-corrected chi connectivity index (χ3v) is 8.09. The van der Waals surface area contributed by atoms with Crippen LogP contribution in [0.1, 0.15) is 67.1 Å². The lowest BCUT2D eigenvalue weighted by atomic mass is 9.79. The first-order valence-corrected chi connectivity index (χ1v) is 12.9. The number of aromatic nitrogens is 1. The minimum absolute atomic E-state index is 0.00273. The second kappa shape index (κ2) is 10.1. The molecule has 5 rings (SSSR count). The van der Waals surface area contributed by atoms with Crippen LogP contribution in [0.3, 0.4) is 0 Å². The summed E-state index contributed by atoms with van der Waals surface area (Å²) >= 11 is 0. The van der Waals surface area contributed by atoms with Gasteiger partial charge in [0.2, 0.25) is 0 Å². The minimum Gasteiger partial charge on any atom is -0.452 e. The standard InChI is InChI=1S/C27H37N3O4/c1-19-5-7-23-21(15-19)22-16-20(6-8-24(22)29-23)26(32)34-17-25(31)28-18-27(9-3-2-4-10-27)30-11-13-33-14-12-30/h6,8,16,19,29H,2-5,7,9-15,17-18H2,1H3,(H,28,31). The molecule has 1 unspecified atom stereocenters. The van der Waals surface area contributed by atoms with Crippen LogP contribution in [0.25, 0.3) is 10.9 Å². The van der Waals surface area contributed by atoms with E-state index in [1.54, 1.807) is 6.07 Å². The van der Waals surface area contributed by atoms with Crippen molar-refractivity contribution in [1.82, 2.24) is 15.2 Å². The number of morpholine rings is 1. The Balaban J connectivity index is 1.18. The summed E-state index contributed by atoms with van der Waals surface area (Å²) in [5, 5.41) is 4.17. The number of ether oxygens (including phenoxy) is 2. The molecule has 1 aromatic carbocycles. The Bertz CT molecular complexity index is 1030. The molecule has 0 bridgehead atoms. The molecule has 1 aliphatic heterocycles. The highest BCUT2D eigenvalue weighted by atomic mass is 16.5. The molecule has 0 radical (unpaired) electrons. The minimum atomic E-state index is -0.448. The van der Waals surface area contributed by atoms with Gasteiger partial charge in [-0.15, -0.1) is 0 Å². The van der Waals surface area contributed by atoms with Crippen molar-refractivity contribution in [2.24, 2.45) is 5.92 Å². The number of aryl methyl sites for hydroxylation is 1. The maximum absolute atomic E-state index is 12.7. The molecule has 3 aliphatic rings. The molecule has 0 spiro atoms. The number of carbonyl (C=O) groups excluding carboxylic acids is 2. The van der Waals surface area contributed by atoms with E-state index in [4.69, 9.17) is 9.47 Å². The highest BCUT2D eigenvalue weighted by Crippen LogP contribution is 2.34. The zero-order valence-electron chi connectivity index (χ0n) is 20.3. The van der Waals surface area contributed by atoms with Gasteiger partial charge in [0, 0.05) is 41.8 Å². The molecule has 1 aromatic heterocycles. The summed E-state index contributed by atoms with van der Waals surface area (Å²) in [7, 11) is 0. The van der Waals surface area contributed by atoms with E-state index < -0.39 is 5.97 Å². The highest BCUT2D eigenvalue weighted by molar-refractivity contribution is 5.97. The largest absolute Gasteiger partial charge is 0.452 e. The highest BCUT2D eigenvalue weighted by Gasteiger charge is 2.38. The van der Waals surface area contributed by atoms with Crippen molar-refractivity contribution in [3.8, 4) is 0 Å². The van der Waals surface area contributed by atoms with Crippen LogP contribution < -0.4 is 5.32 Å². The predicted molar refractivity (Wildman–Crippen MR) is 131 cm³/mol. The van der Waals surface area contributed by atoms with E-state index in [-0.39, 0.29) is 18.1 Å².